The van der Waals surface area contributed by atoms with Crippen molar-refractivity contribution in [1.82, 2.24) is 14.9 Å². The standard InChI is InChI=1S/C26H33N5O4S2/c1-16-20(27)23(30-25(33)35-26(2,3)4)37-21(16)24(32)34-15-17-8-11-31(12-9-17)14-18-13-29-22(36-18)19-7-5-6-10-28-19/h5-7,10,13,17H,8-9,11-12,14-15,27H2,1-4H3,(H,30,33). The normalized spacial score (nSPS) is 14.9. The maximum Gasteiger partial charge on any atom is 0.412 e. The molecule has 3 aromatic rings. The number of hydrogen-bond acceptors (Lipinski definition) is 10. The van der Waals surface area contributed by atoms with Crippen LogP contribution in [0.2, 0.25) is 0 Å². The zero-order chi connectivity index (χ0) is 26.6. The van der Waals surface area contributed by atoms with E-state index in [1.807, 2.05) is 24.4 Å². The molecular formula is C26H33N5O4S2. The molecule has 3 N–H and O–H groups in total. The number of nitrogen functional groups attached to an aromatic ring is 1. The minimum atomic E-state index is -0.633. The largest absolute Gasteiger partial charge is 0.461 e. The monoisotopic (exact) mass is 543 g/mol. The van der Waals surface area contributed by atoms with E-state index in [2.05, 4.69) is 20.2 Å². The molecule has 4 heterocycles. The number of piperidine rings is 1. The van der Waals surface area contributed by atoms with E-state index in [1.165, 1.54) is 4.88 Å². The Balaban J connectivity index is 1.24. The van der Waals surface area contributed by atoms with Crippen LogP contribution >= 0.6 is 22.7 Å². The number of aromatic nitrogens is 2. The number of likely N-dealkylation sites (tertiary alicyclic amines) is 1. The number of nitrogens with one attached hydrogen (secondary N) is 1. The molecule has 0 unspecified atom stereocenters. The van der Waals surface area contributed by atoms with Gasteiger partial charge < -0.3 is 15.2 Å². The summed E-state index contributed by atoms with van der Waals surface area (Å²) in [5.41, 5.74) is 7.34. The van der Waals surface area contributed by atoms with Crippen LogP contribution in [0.5, 0.6) is 0 Å². The summed E-state index contributed by atoms with van der Waals surface area (Å²) in [4.78, 5) is 37.8. The average Bonchev–Trinajstić information content (AvgIpc) is 3.43. The van der Waals surface area contributed by atoms with Crippen molar-refractivity contribution in [1.29, 1.82) is 0 Å². The van der Waals surface area contributed by atoms with Gasteiger partial charge >= 0.3 is 12.1 Å². The lowest BCUT2D eigenvalue weighted by atomic mass is 9.98. The molecule has 0 atom stereocenters. The zero-order valence-corrected chi connectivity index (χ0v) is 23.2. The second-order valence-corrected chi connectivity index (χ2v) is 12.2. The van der Waals surface area contributed by atoms with Crippen LogP contribution in [-0.4, -0.2) is 52.2 Å². The summed E-state index contributed by atoms with van der Waals surface area (Å²) in [6.07, 6.45) is 5.01. The van der Waals surface area contributed by atoms with Gasteiger partial charge in [-0.15, -0.1) is 22.7 Å². The highest BCUT2D eigenvalue weighted by Crippen LogP contribution is 2.36. The molecule has 0 aromatic carbocycles. The molecule has 3 aromatic heterocycles. The van der Waals surface area contributed by atoms with Crippen LogP contribution in [0.3, 0.4) is 0 Å². The number of carbonyl (C=O) groups excluding carboxylic acids is 2. The summed E-state index contributed by atoms with van der Waals surface area (Å²) < 4.78 is 10.9. The van der Waals surface area contributed by atoms with Crippen molar-refractivity contribution in [3.8, 4) is 10.7 Å². The fourth-order valence-electron chi connectivity index (χ4n) is 3.99. The number of hydrogen-bond donors (Lipinski definition) is 2. The predicted molar refractivity (Wildman–Crippen MR) is 147 cm³/mol. The minimum absolute atomic E-state index is 0.308. The van der Waals surface area contributed by atoms with Crippen molar-refractivity contribution in [2.24, 2.45) is 5.92 Å². The van der Waals surface area contributed by atoms with Gasteiger partial charge in [-0.05, 0) is 77.2 Å². The number of nitrogens with zero attached hydrogens (tertiary/aromatic N) is 3. The van der Waals surface area contributed by atoms with Gasteiger partial charge in [-0.2, -0.15) is 0 Å². The minimum Gasteiger partial charge on any atom is -0.461 e. The predicted octanol–water partition coefficient (Wildman–Crippen LogP) is 5.57. The van der Waals surface area contributed by atoms with Crippen LogP contribution in [0, 0.1) is 12.8 Å². The van der Waals surface area contributed by atoms with Gasteiger partial charge in [0.15, 0.2) is 0 Å². The molecule has 198 valence electrons. The molecular weight excluding hydrogens is 510 g/mol. The van der Waals surface area contributed by atoms with Crippen LogP contribution in [0.1, 0.15) is 53.7 Å². The Bertz CT molecular complexity index is 1230. The van der Waals surface area contributed by atoms with E-state index in [0.29, 0.717) is 33.7 Å². The first-order valence-electron chi connectivity index (χ1n) is 12.2. The molecule has 1 saturated heterocycles. The lowest BCUT2D eigenvalue weighted by Crippen LogP contribution is -2.34. The fraction of sp³-hybridized carbons (Fsp3) is 0.462. The molecule has 1 aliphatic heterocycles. The Labute approximate surface area is 225 Å². The first-order chi connectivity index (χ1) is 17.6. The van der Waals surface area contributed by atoms with Gasteiger partial charge in [0.1, 0.15) is 20.5 Å². The summed E-state index contributed by atoms with van der Waals surface area (Å²) in [6.45, 7) is 10.2. The van der Waals surface area contributed by atoms with Crippen LogP contribution in [0.25, 0.3) is 10.7 Å². The van der Waals surface area contributed by atoms with Crippen molar-refractivity contribution < 1.29 is 19.1 Å². The maximum atomic E-state index is 12.8. The third-order valence-electron chi connectivity index (χ3n) is 5.97. The van der Waals surface area contributed by atoms with Gasteiger partial charge in [0.05, 0.1) is 18.0 Å². The van der Waals surface area contributed by atoms with Crippen LogP contribution in [0.4, 0.5) is 15.5 Å². The second-order valence-electron chi connectivity index (χ2n) is 10.1. The van der Waals surface area contributed by atoms with Gasteiger partial charge in [-0.1, -0.05) is 6.07 Å². The molecule has 0 spiro atoms. The highest BCUT2D eigenvalue weighted by atomic mass is 32.1. The van der Waals surface area contributed by atoms with Crippen LogP contribution < -0.4 is 11.1 Å². The molecule has 37 heavy (non-hydrogen) atoms. The molecule has 9 nitrogen and oxygen atoms in total. The molecule has 1 aliphatic rings. The molecule has 1 fully saturated rings. The molecule has 0 radical (unpaired) electrons. The smallest absolute Gasteiger partial charge is 0.412 e. The third-order valence-corrected chi connectivity index (χ3v) is 8.18. The van der Waals surface area contributed by atoms with Crippen molar-refractivity contribution in [3.63, 3.8) is 0 Å². The van der Waals surface area contributed by atoms with Gasteiger partial charge in [0, 0.05) is 23.8 Å². The van der Waals surface area contributed by atoms with Crippen molar-refractivity contribution in [2.75, 3.05) is 30.7 Å². The number of nitrogens with two attached hydrogens (primary N) is 1. The number of thiophene rings is 1. The number of rotatable bonds is 7. The van der Waals surface area contributed by atoms with Gasteiger partial charge in [-0.25, -0.2) is 14.6 Å². The summed E-state index contributed by atoms with van der Waals surface area (Å²) in [5.74, 6) is -0.108. The van der Waals surface area contributed by atoms with Crippen LogP contribution in [-0.2, 0) is 16.0 Å². The first-order valence-corrected chi connectivity index (χ1v) is 13.9. The van der Waals surface area contributed by atoms with Crippen molar-refractivity contribution in [3.05, 3.63) is 45.9 Å². The van der Waals surface area contributed by atoms with E-state index in [0.717, 1.165) is 54.5 Å². The Morgan fingerprint density at radius 2 is 1.95 bits per heavy atom. The van der Waals surface area contributed by atoms with Crippen molar-refractivity contribution >= 4 is 45.4 Å². The van der Waals surface area contributed by atoms with Crippen LogP contribution in [0.15, 0.2) is 30.6 Å². The quantitative estimate of drug-likeness (QED) is 0.371. The Hall–Kier alpha value is -3.02. The van der Waals surface area contributed by atoms with E-state index in [4.69, 9.17) is 15.2 Å². The number of esters is 1. The Morgan fingerprint density at radius 1 is 1.19 bits per heavy atom. The lowest BCUT2D eigenvalue weighted by molar-refractivity contribution is 0.0373. The number of carbonyl (C=O) groups is 2. The molecule has 11 heteroatoms. The summed E-state index contributed by atoms with van der Waals surface area (Å²) in [6, 6.07) is 5.84. The van der Waals surface area contributed by atoms with E-state index < -0.39 is 17.7 Å². The molecule has 1 amide bonds. The fourth-order valence-corrected chi connectivity index (χ4v) is 5.93. The Morgan fingerprint density at radius 3 is 2.62 bits per heavy atom. The number of thiazole rings is 1. The maximum absolute atomic E-state index is 12.8. The second kappa shape index (κ2) is 11.6. The number of ether oxygens (including phenoxy) is 2. The topological polar surface area (TPSA) is 120 Å². The first kappa shape index (κ1) is 27.0. The Kier molecular flexibility index (Phi) is 8.46. The zero-order valence-electron chi connectivity index (χ0n) is 21.6. The van der Waals surface area contributed by atoms with E-state index in [1.54, 1.807) is 45.2 Å². The molecule has 4 rings (SSSR count). The number of pyridine rings is 1. The summed E-state index contributed by atoms with van der Waals surface area (Å²) in [5, 5.41) is 3.96. The SMILES string of the molecule is Cc1c(C(=O)OCC2CCN(Cc3cnc(-c4ccccn4)s3)CC2)sc(NC(=O)OC(C)(C)C)c1N. The highest BCUT2D eigenvalue weighted by molar-refractivity contribution is 7.19. The van der Waals surface area contributed by atoms with Gasteiger partial charge in [0.25, 0.3) is 0 Å². The lowest BCUT2D eigenvalue weighted by Gasteiger charge is -2.31. The third kappa shape index (κ3) is 7.27. The van der Waals surface area contributed by atoms with Gasteiger partial charge in [-0.3, -0.25) is 15.2 Å². The molecule has 0 bridgehead atoms. The van der Waals surface area contributed by atoms with E-state index in [9.17, 15) is 9.59 Å². The highest BCUT2D eigenvalue weighted by Gasteiger charge is 2.25. The van der Waals surface area contributed by atoms with Gasteiger partial charge in [0.2, 0.25) is 0 Å². The molecule has 0 saturated carbocycles. The summed E-state index contributed by atoms with van der Waals surface area (Å²) in [7, 11) is 0. The van der Waals surface area contributed by atoms with E-state index >= 15 is 0 Å². The van der Waals surface area contributed by atoms with E-state index in [-0.39, 0.29) is 0 Å². The number of amides is 1. The molecule has 0 aliphatic carbocycles. The van der Waals surface area contributed by atoms with Crippen molar-refractivity contribution in [2.45, 2.75) is 52.7 Å². The number of anilines is 2. The summed E-state index contributed by atoms with van der Waals surface area (Å²) >= 11 is 2.78. The average molecular weight is 544 g/mol.